The van der Waals surface area contributed by atoms with Crippen LogP contribution < -0.4 is 10.3 Å². The standard InChI is InChI=1S/C31H31F2N3O4/c1-30-10-18-8-19(11-30)13-31(12-18,17-30)14-25(37)22-15-36(24-4-2-20(32)9-23(24)33)29-21(28(22)39)3-5-26(34-29)35-6-7-40-16-27(35)38/h2-5,9,15,18-19H,6-8,10-14,16-17H2,1H3. The predicted octanol–water partition coefficient (Wildman–Crippen LogP) is 5.21. The zero-order valence-electron chi connectivity index (χ0n) is 22.4. The number of ketones is 1. The molecule has 4 aliphatic carbocycles. The Balaban J connectivity index is 1.34. The molecule has 2 atom stereocenters. The molecule has 5 aliphatic rings. The SMILES string of the molecule is CC12CC3CC(C1)CC(CC(=O)c1cn(-c4ccc(F)cc4F)c4nc(N5CCOCC5=O)ccc4c1=O)(C3)C2. The van der Waals surface area contributed by atoms with E-state index in [1.165, 1.54) is 47.1 Å². The maximum Gasteiger partial charge on any atom is 0.254 e. The van der Waals surface area contributed by atoms with Crippen molar-refractivity contribution in [3.8, 4) is 5.69 Å². The lowest BCUT2D eigenvalue weighted by molar-refractivity contribution is -0.125. The minimum absolute atomic E-state index is 0.0193. The average Bonchev–Trinajstić information content (AvgIpc) is 2.88. The minimum atomic E-state index is -0.855. The van der Waals surface area contributed by atoms with Gasteiger partial charge in [0.05, 0.1) is 29.8 Å². The zero-order valence-corrected chi connectivity index (χ0v) is 22.4. The fourth-order valence-corrected chi connectivity index (χ4v) is 8.73. The monoisotopic (exact) mass is 547 g/mol. The normalized spacial score (nSPS) is 29.4. The highest BCUT2D eigenvalue weighted by molar-refractivity contribution is 6.00. The van der Waals surface area contributed by atoms with Gasteiger partial charge in [-0.1, -0.05) is 6.92 Å². The lowest BCUT2D eigenvalue weighted by atomic mass is 9.44. The molecular formula is C31H31F2N3O4. The highest BCUT2D eigenvalue weighted by Gasteiger charge is 2.56. The number of hydrogen-bond acceptors (Lipinski definition) is 5. The van der Waals surface area contributed by atoms with Crippen molar-refractivity contribution in [3.05, 3.63) is 63.9 Å². The molecule has 1 aliphatic heterocycles. The third kappa shape index (κ3) is 4.17. The van der Waals surface area contributed by atoms with Crippen LogP contribution in [0.15, 0.2) is 41.3 Å². The smallest absolute Gasteiger partial charge is 0.254 e. The third-order valence-electron chi connectivity index (χ3n) is 9.58. The molecule has 0 radical (unpaired) electrons. The maximum absolute atomic E-state index is 15.1. The summed E-state index contributed by atoms with van der Waals surface area (Å²) in [5.74, 6) is -0.579. The summed E-state index contributed by atoms with van der Waals surface area (Å²) in [5.41, 5.74) is -0.298. The van der Waals surface area contributed by atoms with E-state index in [1.807, 2.05) is 0 Å². The summed E-state index contributed by atoms with van der Waals surface area (Å²) in [7, 11) is 0. The summed E-state index contributed by atoms with van der Waals surface area (Å²) in [6.07, 6.45) is 8.32. The summed E-state index contributed by atoms with van der Waals surface area (Å²) in [5, 5.41) is 0.136. The van der Waals surface area contributed by atoms with Gasteiger partial charge in [-0.25, -0.2) is 13.8 Å². The number of hydrogen-bond donors (Lipinski definition) is 0. The molecule has 40 heavy (non-hydrogen) atoms. The number of pyridine rings is 2. The average molecular weight is 548 g/mol. The largest absolute Gasteiger partial charge is 0.370 e. The van der Waals surface area contributed by atoms with Gasteiger partial charge < -0.3 is 4.74 Å². The predicted molar refractivity (Wildman–Crippen MR) is 145 cm³/mol. The second kappa shape index (κ2) is 9.03. The van der Waals surface area contributed by atoms with Gasteiger partial charge in [0.2, 0.25) is 5.43 Å². The number of nitrogens with zero attached hydrogens (tertiary/aromatic N) is 3. The number of halogens is 2. The van der Waals surface area contributed by atoms with Crippen LogP contribution >= 0.6 is 0 Å². The number of carbonyl (C=O) groups is 2. The summed E-state index contributed by atoms with van der Waals surface area (Å²) < 4.78 is 35.5. The molecule has 3 heterocycles. The van der Waals surface area contributed by atoms with Crippen LogP contribution in [0.4, 0.5) is 14.6 Å². The van der Waals surface area contributed by atoms with E-state index in [4.69, 9.17) is 4.74 Å². The first kappa shape index (κ1) is 25.5. The molecule has 2 aromatic heterocycles. The Hall–Kier alpha value is -3.46. The lowest BCUT2D eigenvalue weighted by Crippen LogP contribution is -2.51. The molecule has 2 unspecified atom stereocenters. The molecular weight excluding hydrogens is 516 g/mol. The second-order valence-corrected chi connectivity index (χ2v) is 12.8. The van der Waals surface area contributed by atoms with Crippen molar-refractivity contribution in [1.29, 1.82) is 0 Å². The Morgan fingerprint density at radius 1 is 1.10 bits per heavy atom. The molecule has 0 N–H and O–H groups in total. The molecule has 208 valence electrons. The third-order valence-corrected chi connectivity index (χ3v) is 9.58. The Morgan fingerprint density at radius 3 is 2.58 bits per heavy atom. The van der Waals surface area contributed by atoms with E-state index in [2.05, 4.69) is 11.9 Å². The number of benzene rings is 1. The van der Waals surface area contributed by atoms with Crippen LogP contribution in [0.2, 0.25) is 0 Å². The number of fused-ring (bicyclic) bond motifs is 1. The van der Waals surface area contributed by atoms with Crippen LogP contribution in [0, 0.1) is 34.3 Å². The van der Waals surface area contributed by atoms with Gasteiger partial charge in [0.25, 0.3) is 5.91 Å². The second-order valence-electron chi connectivity index (χ2n) is 12.8. The molecule has 8 rings (SSSR count). The van der Waals surface area contributed by atoms with Crippen molar-refractivity contribution < 1.29 is 23.1 Å². The van der Waals surface area contributed by atoms with E-state index in [-0.39, 0.29) is 70.2 Å². The lowest BCUT2D eigenvalue weighted by Gasteiger charge is -2.61. The Kier molecular flexibility index (Phi) is 5.75. The van der Waals surface area contributed by atoms with Crippen LogP contribution in [0.5, 0.6) is 0 Å². The van der Waals surface area contributed by atoms with Crippen molar-refractivity contribution in [3.63, 3.8) is 0 Å². The van der Waals surface area contributed by atoms with Gasteiger partial charge in [-0.05, 0) is 85.5 Å². The first-order chi connectivity index (χ1) is 19.1. The molecule has 0 spiro atoms. The number of anilines is 1. The Labute approximate surface area is 230 Å². The van der Waals surface area contributed by atoms with Crippen molar-refractivity contribution in [1.82, 2.24) is 9.55 Å². The molecule has 4 bridgehead atoms. The molecule has 9 heteroatoms. The van der Waals surface area contributed by atoms with Gasteiger partial charge >= 0.3 is 0 Å². The van der Waals surface area contributed by atoms with Gasteiger partial charge in [0.1, 0.15) is 24.1 Å². The molecule has 3 aromatic rings. The summed E-state index contributed by atoms with van der Waals surface area (Å²) in [6.45, 7) is 2.87. The number of carbonyl (C=O) groups excluding carboxylic acids is 2. The van der Waals surface area contributed by atoms with E-state index in [0.717, 1.165) is 31.4 Å². The number of aromatic nitrogens is 2. The van der Waals surface area contributed by atoms with E-state index < -0.39 is 17.1 Å². The van der Waals surface area contributed by atoms with Crippen molar-refractivity contribution >= 4 is 28.5 Å². The van der Waals surface area contributed by atoms with Gasteiger partial charge in [0.15, 0.2) is 11.4 Å². The van der Waals surface area contributed by atoms with Gasteiger partial charge in [-0.15, -0.1) is 0 Å². The molecule has 1 amide bonds. The molecule has 1 saturated heterocycles. The quantitative estimate of drug-likeness (QED) is 0.410. The van der Waals surface area contributed by atoms with Crippen LogP contribution in [0.1, 0.15) is 62.2 Å². The van der Waals surface area contributed by atoms with Crippen LogP contribution in [-0.4, -0.2) is 41.0 Å². The first-order valence-corrected chi connectivity index (χ1v) is 14.1. The van der Waals surface area contributed by atoms with Gasteiger partial charge in [-0.3, -0.25) is 23.9 Å². The minimum Gasteiger partial charge on any atom is -0.370 e. The highest BCUT2D eigenvalue weighted by Crippen LogP contribution is 2.66. The number of morpholine rings is 1. The van der Waals surface area contributed by atoms with E-state index in [0.29, 0.717) is 18.4 Å². The Morgan fingerprint density at radius 2 is 1.88 bits per heavy atom. The van der Waals surface area contributed by atoms with Gasteiger partial charge in [-0.2, -0.15) is 0 Å². The van der Waals surface area contributed by atoms with Crippen molar-refractivity contribution in [2.24, 2.45) is 22.7 Å². The summed E-state index contributed by atoms with van der Waals surface area (Å²) in [6, 6.07) is 6.23. The number of rotatable bonds is 5. The van der Waals surface area contributed by atoms with Crippen LogP contribution in [0.25, 0.3) is 16.7 Å². The molecule has 7 nitrogen and oxygen atoms in total. The van der Waals surface area contributed by atoms with E-state index >= 15 is 4.39 Å². The van der Waals surface area contributed by atoms with Crippen molar-refractivity contribution in [2.45, 2.75) is 51.9 Å². The first-order valence-electron chi connectivity index (χ1n) is 14.1. The van der Waals surface area contributed by atoms with E-state index in [1.54, 1.807) is 6.07 Å². The van der Waals surface area contributed by atoms with Crippen molar-refractivity contribution in [2.75, 3.05) is 24.7 Å². The van der Waals surface area contributed by atoms with E-state index in [9.17, 15) is 18.8 Å². The summed E-state index contributed by atoms with van der Waals surface area (Å²) in [4.78, 5) is 46.2. The summed E-state index contributed by atoms with van der Waals surface area (Å²) >= 11 is 0. The molecule has 1 aromatic carbocycles. The zero-order chi connectivity index (χ0) is 27.8. The van der Waals surface area contributed by atoms with Crippen LogP contribution in [-0.2, 0) is 9.53 Å². The number of ether oxygens (including phenoxy) is 1. The number of Topliss-reactive ketones (excluding diaryl/α,β-unsaturated/α-hetero) is 1. The Bertz CT molecular complexity index is 1620. The topological polar surface area (TPSA) is 81.5 Å². The molecule has 5 fully saturated rings. The molecule has 4 saturated carbocycles. The fourth-order valence-electron chi connectivity index (χ4n) is 8.73. The fraction of sp³-hybridized carbons (Fsp3) is 0.484. The highest BCUT2D eigenvalue weighted by atomic mass is 19.1. The van der Waals surface area contributed by atoms with Gasteiger partial charge in [0, 0.05) is 18.7 Å². The van der Waals surface area contributed by atoms with Crippen LogP contribution in [0.3, 0.4) is 0 Å². The maximum atomic E-state index is 15.1. The number of amides is 1.